The van der Waals surface area contributed by atoms with Crippen LogP contribution in [0.25, 0.3) is 6.08 Å². The lowest BCUT2D eigenvalue weighted by molar-refractivity contribution is 0.0989. The van der Waals surface area contributed by atoms with Crippen molar-refractivity contribution in [3.8, 4) is 5.75 Å². The van der Waals surface area contributed by atoms with Crippen molar-refractivity contribution in [2.45, 2.75) is 20.0 Å². The van der Waals surface area contributed by atoms with E-state index in [0.29, 0.717) is 18.7 Å². The Morgan fingerprint density at radius 1 is 1.03 bits per heavy atom. The first-order chi connectivity index (χ1) is 15.5. The monoisotopic (exact) mass is 426 g/mol. The van der Waals surface area contributed by atoms with E-state index in [1.807, 2.05) is 29.2 Å². The van der Waals surface area contributed by atoms with Crippen molar-refractivity contribution < 1.29 is 9.53 Å². The molecular formula is C28H30N2O2. The SMILES string of the molecule is Cc1ccc(COc2ccc(C(=O)N3CCc4cc(C=CCN(C)C)ccc43)cc2)cc1. The Bertz CT molecular complexity index is 1100. The Morgan fingerprint density at radius 2 is 1.78 bits per heavy atom. The molecule has 0 bridgehead atoms. The molecule has 4 nitrogen and oxygen atoms in total. The molecule has 0 radical (unpaired) electrons. The summed E-state index contributed by atoms with van der Waals surface area (Å²) >= 11 is 0. The summed E-state index contributed by atoms with van der Waals surface area (Å²) in [5.41, 5.74) is 6.45. The van der Waals surface area contributed by atoms with Gasteiger partial charge in [-0.3, -0.25) is 4.79 Å². The molecule has 32 heavy (non-hydrogen) atoms. The van der Waals surface area contributed by atoms with Gasteiger partial charge < -0.3 is 14.5 Å². The summed E-state index contributed by atoms with van der Waals surface area (Å²) in [7, 11) is 4.11. The molecule has 4 heteroatoms. The van der Waals surface area contributed by atoms with Crippen molar-refractivity contribution in [2.75, 3.05) is 32.1 Å². The Morgan fingerprint density at radius 3 is 2.50 bits per heavy atom. The van der Waals surface area contributed by atoms with Crippen LogP contribution in [0.15, 0.2) is 72.8 Å². The van der Waals surface area contributed by atoms with Gasteiger partial charge in [-0.2, -0.15) is 0 Å². The first kappa shape index (κ1) is 21.8. The highest BCUT2D eigenvalue weighted by Gasteiger charge is 2.25. The summed E-state index contributed by atoms with van der Waals surface area (Å²) in [5, 5.41) is 0. The van der Waals surface area contributed by atoms with E-state index >= 15 is 0 Å². The number of anilines is 1. The minimum atomic E-state index is 0.0322. The Labute approximate surface area is 190 Å². The number of amides is 1. The van der Waals surface area contributed by atoms with Crippen LogP contribution in [0.3, 0.4) is 0 Å². The lowest BCUT2D eigenvalue weighted by atomic mass is 10.1. The summed E-state index contributed by atoms with van der Waals surface area (Å²) < 4.78 is 5.87. The summed E-state index contributed by atoms with van der Waals surface area (Å²) in [6.07, 6.45) is 5.18. The first-order valence-corrected chi connectivity index (χ1v) is 11.0. The summed E-state index contributed by atoms with van der Waals surface area (Å²) in [4.78, 5) is 17.1. The molecule has 0 fully saturated rings. The molecule has 0 spiro atoms. The number of rotatable bonds is 7. The fourth-order valence-corrected chi connectivity index (χ4v) is 3.84. The summed E-state index contributed by atoms with van der Waals surface area (Å²) in [5.74, 6) is 0.794. The van der Waals surface area contributed by atoms with Gasteiger partial charge in [0.25, 0.3) is 5.91 Å². The lowest BCUT2D eigenvalue weighted by Gasteiger charge is -2.18. The van der Waals surface area contributed by atoms with Crippen LogP contribution in [0.1, 0.15) is 32.6 Å². The highest BCUT2D eigenvalue weighted by molar-refractivity contribution is 6.07. The van der Waals surface area contributed by atoms with Crippen molar-refractivity contribution >= 4 is 17.7 Å². The van der Waals surface area contributed by atoms with Crippen LogP contribution in [-0.4, -0.2) is 38.0 Å². The molecule has 0 saturated heterocycles. The van der Waals surface area contributed by atoms with Crippen LogP contribution >= 0.6 is 0 Å². The number of ether oxygens (including phenoxy) is 1. The van der Waals surface area contributed by atoms with Crippen molar-refractivity contribution in [3.05, 3.63) is 101 Å². The van der Waals surface area contributed by atoms with Crippen LogP contribution in [-0.2, 0) is 13.0 Å². The van der Waals surface area contributed by atoms with E-state index in [1.54, 1.807) is 0 Å². The normalized spacial score (nSPS) is 13.1. The molecule has 1 amide bonds. The van der Waals surface area contributed by atoms with E-state index < -0.39 is 0 Å². The van der Waals surface area contributed by atoms with Gasteiger partial charge in [0.1, 0.15) is 12.4 Å². The molecule has 3 aromatic carbocycles. The Hall–Kier alpha value is -3.37. The third-order valence-corrected chi connectivity index (χ3v) is 5.65. The van der Waals surface area contributed by atoms with Crippen molar-refractivity contribution in [1.29, 1.82) is 0 Å². The lowest BCUT2D eigenvalue weighted by Crippen LogP contribution is -2.28. The van der Waals surface area contributed by atoms with E-state index in [4.69, 9.17) is 4.74 Å². The van der Waals surface area contributed by atoms with Gasteiger partial charge in [-0.05, 0) is 80.5 Å². The molecule has 0 N–H and O–H groups in total. The number of aryl methyl sites for hydroxylation is 1. The van der Waals surface area contributed by atoms with Crippen molar-refractivity contribution in [2.24, 2.45) is 0 Å². The third kappa shape index (κ3) is 5.27. The average molecular weight is 427 g/mol. The zero-order valence-electron chi connectivity index (χ0n) is 19.0. The number of carbonyl (C=O) groups is 1. The van der Waals surface area contributed by atoms with Gasteiger partial charge in [0, 0.05) is 24.3 Å². The molecule has 164 valence electrons. The standard InChI is InChI=1S/C28H30N2O2/c1-21-6-8-23(9-7-21)20-32-26-13-11-24(12-14-26)28(31)30-18-16-25-19-22(10-15-27(25)30)5-4-17-29(2)3/h4-15,19H,16-18,20H2,1-3H3. The highest BCUT2D eigenvalue weighted by Crippen LogP contribution is 2.31. The number of hydrogen-bond acceptors (Lipinski definition) is 3. The highest BCUT2D eigenvalue weighted by atomic mass is 16.5. The van der Waals surface area contributed by atoms with Gasteiger partial charge in [0.2, 0.25) is 0 Å². The van der Waals surface area contributed by atoms with Crippen LogP contribution in [0.2, 0.25) is 0 Å². The quantitative estimate of drug-likeness (QED) is 0.510. The fraction of sp³-hybridized carbons (Fsp3) is 0.250. The zero-order valence-corrected chi connectivity index (χ0v) is 19.0. The summed E-state index contributed by atoms with van der Waals surface area (Å²) in [6, 6.07) is 22.1. The molecule has 3 aromatic rings. The minimum Gasteiger partial charge on any atom is -0.489 e. The average Bonchev–Trinajstić information content (AvgIpc) is 3.22. The smallest absolute Gasteiger partial charge is 0.258 e. The van der Waals surface area contributed by atoms with E-state index in [2.05, 4.69) is 80.5 Å². The molecule has 0 aliphatic carbocycles. The molecule has 1 aliphatic rings. The molecule has 1 aliphatic heterocycles. The number of likely N-dealkylation sites (N-methyl/N-ethyl adjacent to an activating group) is 1. The molecule has 0 unspecified atom stereocenters. The molecule has 0 aromatic heterocycles. The predicted molar refractivity (Wildman–Crippen MR) is 131 cm³/mol. The number of hydrogen-bond donors (Lipinski definition) is 0. The predicted octanol–water partition coefficient (Wildman–Crippen LogP) is 5.35. The van der Waals surface area contributed by atoms with Gasteiger partial charge in [-0.1, -0.05) is 48.0 Å². The van der Waals surface area contributed by atoms with Crippen LogP contribution in [0, 0.1) is 6.92 Å². The third-order valence-electron chi connectivity index (χ3n) is 5.65. The van der Waals surface area contributed by atoms with Crippen LogP contribution in [0.4, 0.5) is 5.69 Å². The maximum absolute atomic E-state index is 13.1. The fourth-order valence-electron chi connectivity index (χ4n) is 3.84. The van der Waals surface area contributed by atoms with Crippen molar-refractivity contribution in [1.82, 2.24) is 4.90 Å². The number of benzene rings is 3. The second-order valence-corrected chi connectivity index (χ2v) is 8.56. The van der Waals surface area contributed by atoms with E-state index in [1.165, 1.54) is 16.7 Å². The topological polar surface area (TPSA) is 32.8 Å². The van der Waals surface area contributed by atoms with Gasteiger partial charge in [-0.25, -0.2) is 0 Å². The second kappa shape index (κ2) is 9.84. The molecular weight excluding hydrogens is 396 g/mol. The number of fused-ring (bicyclic) bond motifs is 1. The maximum Gasteiger partial charge on any atom is 0.258 e. The molecule has 4 rings (SSSR count). The first-order valence-electron chi connectivity index (χ1n) is 11.0. The second-order valence-electron chi connectivity index (χ2n) is 8.56. The van der Waals surface area contributed by atoms with Crippen molar-refractivity contribution in [3.63, 3.8) is 0 Å². The minimum absolute atomic E-state index is 0.0322. The van der Waals surface area contributed by atoms with Gasteiger partial charge in [-0.15, -0.1) is 0 Å². The van der Waals surface area contributed by atoms with Gasteiger partial charge in [0.05, 0.1) is 0 Å². The Balaban J connectivity index is 1.39. The van der Waals surface area contributed by atoms with Gasteiger partial charge in [0.15, 0.2) is 0 Å². The van der Waals surface area contributed by atoms with Crippen LogP contribution < -0.4 is 9.64 Å². The molecule has 0 atom stereocenters. The van der Waals surface area contributed by atoms with Crippen LogP contribution in [0.5, 0.6) is 5.75 Å². The van der Waals surface area contributed by atoms with E-state index in [9.17, 15) is 4.79 Å². The Kier molecular flexibility index (Phi) is 6.72. The molecule has 0 saturated carbocycles. The summed E-state index contributed by atoms with van der Waals surface area (Å²) in [6.45, 7) is 4.21. The van der Waals surface area contributed by atoms with E-state index in [0.717, 1.165) is 30.0 Å². The number of nitrogens with zero attached hydrogens (tertiary/aromatic N) is 2. The van der Waals surface area contributed by atoms with E-state index in [-0.39, 0.29) is 5.91 Å². The molecule has 1 heterocycles. The zero-order chi connectivity index (χ0) is 22.5. The van der Waals surface area contributed by atoms with Gasteiger partial charge >= 0.3 is 0 Å². The number of carbonyl (C=O) groups excluding carboxylic acids is 1. The largest absolute Gasteiger partial charge is 0.489 e. The maximum atomic E-state index is 13.1.